The molecular weight excluding hydrogens is 324 g/mol. The molecule has 0 spiro atoms. The summed E-state index contributed by atoms with van der Waals surface area (Å²) in [4.78, 5) is 22.2. The average Bonchev–Trinajstić information content (AvgIpc) is 3.24. The van der Waals surface area contributed by atoms with Gasteiger partial charge < -0.3 is 4.74 Å². The first-order valence-corrected chi connectivity index (χ1v) is 8.06. The third-order valence-corrected chi connectivity index (χ3v) is 3.17. The molecule has 2 aromatic heterocycles. The second kappa shape index (κ2) is 9.58. The third kappa shape index (κ3) is 6.03. The van der Waals surface area contributed by atoms with Crippen molar-refractivity contribution >= 4 is 11.9 Å². The molecule has 1 amide bonds. The molecule has 0 saturated heterocycles. The molecule has 9 nitrogen and oxygen atoms in total. The number of aromatic nitrogens is 4. The number of ether oxygens (including phenoxy) is 1. The molecule has 0 aliphatic heterocycles. The maximum atomic E-state index is 11.2. The van der Waals surface area contributed by atoms with E-state index in [1.54, 1.807) is 28.7 Å². The summed E-state index contributed by atoms with van der Waals surface area (Å²) < 4.78 is 8.26. The predicted octanol–water partition coefficient (Wildman–Crippen LogP) is 1.71. The average molecular weight is 350 g/mol. The van der Waals surface area contributed by atoms with Crippen LogP contribution in [0.15, 0.2) is 24.8 Å². The Morgan fingerprint density at radius 2 is 1.56 bits per heavy atom. The Morgan fingerprint density at radius 1 is 1.08 bits per heavy atom. The standard InChI is InChI=1S/C9H14N2O2.C7H12N4O/c1-4-13-9(12)8-5-10-11(6-8)7(2)3;1-5(2)11-4-6(3-9-11)7(12)10-8/h5-7H,4H2,1-3H3;3-5H,8H2,1-2H3,(H,10,12). The van der Waals surface area contributed by atoms with Crippen LogP contribution in [0.2, 0.25) is 0 Å². The molecule has 2 aromatic rings. The Hall–Kier alpha value is -2.68. The Bertz CT molecular complexity index is 690. The maximum absolute atomic E-state index is 11.2. The van der Waals surface area contributed by atoms with E-state index in [2.05, 4.69) is 10.2 Å². The van der Waals surface area contributed by atoms with Crippen molar-refractivity contribution in [3.8, 4) is 0 Å². The summed E-state index contributed by atoms with van der Waals surface area (Å²) in [7, 11) is 0. The molecule has 0 atom stereocenters. The normalized spacial score (nSPS) is 10.4. The number of nitrogen functional groups attached to an aromatic ring is 1. The van der Waals surface area contributed by atoms with Gasteiger partial charge in [0.2, 0.25) is 0 Å². The summed E-state index contributed by atoms with van der Waals surface area (Å²) in [6.45, 7) is 10.1. The molecule has 25 heavy (non-hydrogen) atoms. The van der Waals surface area contributed by atoms with Gasteiger partial charge in [-0.3, -0.25) is 19.6 Å². The van der Waals surface area contributed by atoms with Crippen LogP contribution in [-0.4, -0.2) is 38.0 Å². The molecule has 0 radical (unpaired) electrons. The number of carbonyl (C=O) groups is 2. The minimum absolute atomic E-state index is 0.254. The molecule has 0 unspecified atom stereocenters. The van der Waals surface area contributed by atoms with Gasteiger partial charge in [-0.05, 0) is 34.6 Å². The van der Waals surface area contributed by atoms with Crippen LogP contribution < -0.4 is 11.3 Å². The van der Waals surface area contributed by atoms with E-state index in [9.17, 15) is 9.59 Å². The fraction of sp³-hybridized carbons (Fsp3) is 0.500. The summed E-state index contributed by atoms with van der Waals surface area (Å²) in [5.74, 6) is 4.32. The molecule has 0 aromatic carbocycles. The first-order valence-electron chi connectivity index (χ1n) is 8.06. The Balaban J connectivity index is 0.000000251. The van der Waals surface area contributed by atoms with Crippen molar-refractivity contribution in [2.75, 3.05) is 6.61 Å². The monoisotopic (exact) mass is 350 g/mol. The molecule has 0 aliphatic carbocycles. The van der Waals surface area contributed by atoms with E-state index in [1.807, 2.05) is 33.1 Å². The number of amides is 1. The number of esters is 1. The largest absolute Gasteiger partial charge is 0.462 e. The smallest absolute Gasteiger partial charge is 0.341 e. The fourth-order valence-corrected chi connectivity index (χ4v) is 1.76. The molecule has 9 heteroatoms. The topological polar surface area (TPSA) is 117 Å². The van der Waals surface area contributed by atoms with Gasteiger partial charge in [-0.1, -0.05) is 0 Å². The molecule has 138 valence electrons. The van der Waals surface area contributed by atoms with Crippen LogP contribution >= 0.6 is 0 Å². The summed E-state index contributed by atoms with van der Waals surface area (Å²) in [5, 5.41) is 8.02. The van der Waals surface area contributed by atoms with Crippen molar-refractivity contribution in [1.29, 1.82) is 0 Å². The third-order valence-electron chi connectivity index (χ3n) is 3.17. The molecule has 0 fully saturated rings. The molecule has 3 N–H and O–H groups in total. The fourth-order valence-electron chi connectivity index (χ4n) is 1.76. The minimum Gasteiger partial charge on any atom is -0.462 e. The molecule has 0 aliphatic rings. The van der Waals surface area contributed by atoms with Gasteiger partial charge in [-0.2, -0.15) is 10.2 Å². The highest BCUT2D eigenvalue weighted by atomic mass is 16.5. The molecule has 0 bridgehead atoms. The van der Waals surface area contributed by atoms with Crippen LogP contribution in [0.5, 0.6) is 0 Å². The van der Waals surface area contributed by atoms with Gasteiger partial charge in [0.1, 0.15) is 0 Å². The van der Waals surface area contributed by atoms with Crippen LogP contribution in [-0.2, 0) is 4.74 Å². The first-order chi connectivity index (χ1) is 11.8. The van der Waals surface area contributed by atoms with Crippen molar-refractivity contribution in [3.63, 3.8) is 0 Å². The van der Waals surface area contributed by atoms with Crippen molar-refractivity contribution in [2.45, 2.75) is 46.7 Å². The lowest BCUT2D eigenvalue weighted by molar-refractivity contribution is 0.0526. The Morgan fingerprint density at radius 3 is 1.96 bits per heavy atom. The second-order valence-electron chi connectivity index (χ2n) is 5.80. The highest BCUT2D eigenvalue weighted by molar-refractivity contribution is 5.93. The summed E-state index contributed by atoms with van der Waals surface area (Å²) in [6, 6.07) is 0.521. The molecule has 0 saturated carbocycles. The van der Waals surface area contributed by atoms with Crippen LogP contribution in [0.3, 0.4) is 0 Å². The number of nitrogens with two attached hydrogens (primary N) is 1. The second-order valence-corrected chi connectivity index (χ2v) is 5.80. The molecule has 2 rings (SSSR count). The Labute approximate surface area is 147 Å². The van der Waals surface area contributed by atoms with E-state index in [4.69, 9.17) is 10.6 Å². The zero-order valence-corrected chi connectivity index (χ0v) is 15.3. The van der Waals surface area contributed by atoms with E-state index in [0.29, 0.717) is 17.7 Å². The highest BCUT2D eigenvalue weighted by Gasteiger charge is 2.10. The first kappa shape index (κ1) is 20.4. The lowest BCUT2D eigenvalue weighted by atomic mass is 10.3. The number of hydrogen-bond acceptors (Lipinski definition) is 6. The van der Waals surface area contributed by atoms with E-state index >= 15 is 0 Å². The van der Waals surface area contributed by atoms with Crippen LogP contribution in [0.1, 0.15) is 67.4 Å². The van der Waals surface area contributed by atoms with Crippen molar-refractivity contribution in [2.24, 2.45) is 5.84 Å². The van der Waals surface area contributed by atoms with Gasteiger partial charge in [0.05, 0.1) is 30.1 Å². The molecular formula is C16H26N6O3. The van der Waals surface area contributed by atoms with E-state index in [1.165, 1.54) is 12.4 Å². The van der Waals surface area contributed by atoms with E-state index < -0.39 is 0 Å². The van der Waals surface area contributed by atoms with Gasteiger partial charge in [-0.25, -0.2) is 10.6 Å². The van der Waals surface area contributed by atoms with Gasteiger partial charge >= 0.3 is 5.97 Å². The van der Waals surface area contributed by atoms with Crippen molar-refractivity contribution in [1.82, 2.24) is 25.0 Å². The number of hydrogen-bond donors (Lipinski definition) is 2. The number of rotatable bonds is 5. The zero-order valence-electron chi connectivity index (χ0n) is 15.3. The van der Waals surface area contributed by atoms with Crippen molar-refractivity contribution < 1.29 is 14.3 Å². The summed E-state index contributed by atoms with van der Waals surface area (Å²) >= 11 is 0. The summed E-state index contributed by atoms with van der Waals surface area (Å²) in [6.07, 6.45) is 6.37. The maximum Gasteiger partial charge on any atom is 0.341 e. The predicted molar refractivity (Wildman–Crippen MR) is 92.8 cm³/mol. The van der Waals surface area contributed by atoms with Crippen LogP contribution in [0, 0.1) is 0 Å². The number of carbonyl (C=O) groups excluding carboxylic acids is 2. The minimum atomic E-state index is -0.318. The molecule has 2 heterocycles. The summed E-state index contributed by atoms with van der Waals surface area (Å²) in [5.41, 5.74) is 3.03. The number of nitrogens with zero attached hydrogens (tertiary/aromatic N) is 4. The quantitative estimate of drug-likeness (QED) is 0.367. The van der Waals surface area contributed by atoms with Gasteiger partial charge in [0.25, 0.3) is 5.91 Å². The van der Waals surface area contributed by atoms with Gasteiger partial charge in [0.15, 0.2) is 0 Å². The highest BCUT2D eigenvalue weighted by Crippen LogP contribution is 2.06. The van der Waals surface area contributed by atoms with Gasteiger partial charge in [0, 0.05) is 24.5 Å². The zero-order chi connectivity index (χ0) is 19.0. The van der Waals surface area contributed by atoms with Crippen LogP contribution in [0.4, 0.5) is 0 Å². The van der Waals surface area contributed by atoms with E-state index in [0.717, 1.165) is 0 Å². The number of nitrogens with one attached hydrogen (secondary N) is 1. The number of hydrazine groups is 1. The SMILES string of the molecule is CC(C)n1cc(C(=O)NN)cn1.CCOC(=O)c1cnn(C(C)C)c1. The van der Waals surface area contributed by atoms with Crippen molar-refractivity contribution in [3.05, 3.63) is 35.9 Å². The van der Waals surface area contributed by atoms with E-state index in [-0.39, 0.29) is 24.0 Å². The van der Waals surface area contributed by atoms with Gasteiger partial charge in [-0.15, -0.1) is 0 Å². The lowest BCUT2D eigenvalue weighted by Gasteiger charge is -2.02. The van der Waals surface area contributed by atoms with Crippen LogP contribution in [0.25, 0.3) is 0 Å². The Kier molecular flexibility index (Phi) is 7.80. The lowest BCUT2D eigenvalue weighted by Crippen LogP contribution is -2.29.